The highest BCUT2D eigenvalue weighted by atomic mass is 16.3. The summed E-state index contributed by atoms with van der Waals surface area (Å²) in [6.07, 6.45) is 7.90. The highest BCUT2D eigenvalue weighted by Gasteiger charge is 2.38. The molecule has 1 amide bonds. The van der Waals surface area contributed by atoms with Crippen LogP contribution in [0.4, 0.5) is 0 Å². The van der Waals surface area contributed by atoms with Crippen LogP contribution in [0.5, 0.6) is 0 Å². The van der Waals surface area contributed by atoms with Crippen molar-refractivity contribution >= 4 is 22.7 Å². The van der Waals surface area contributed by atoms with E-state index in [4.69, 9.17) is 4.42 Å². The topological polar surface area (TPSA) is 101 Å². The van der Waals surface area contributed by atoms with Gasteiger partial charge in [0.15, 0.2) is 17.1 Å². The molecule has 4 aromatic rings. The summed E-state index contributed by atoms with van der Waals surface area (Å²) in [6, 6.07) is 5.49. The Labute approximate surface area is 155 Å². The predicted octanol–water partition coefficient (Wildman–Crippen LogP) is 2.90. The molecule has 1 fully saturated rings. The van der Waals surface area contributed by atoms with Crippen molar-refractivity contribution in [1.29, 1.82) is 0 Å². The number of hydrogen-bond acceptors (Lipinski definition) is 5. The van der Waals surface area contributed by atoms with Crippen molar-refractivity contribution in [2.45, 2.75) is 38.1 Å². The molecular weight excluding hydrogens is 344 g/mol. The second-order valence-corrected chi connectivity index (χ2v) is 7.12. The molecule has 4 heterocycles. The van der Waals surface area contributed by atoms with E-state index in [1.54, 1.807) is 18.3 Å². The van der Waals surface area contributed by atoms with E-state index >= 15 is 0 Å². The Balaban J connectivity index is 1.47. The van der Waals surface area contributed by atoms with Gasteiger partial charge in [-0.25, -0.2) is 4.98 Å². The lowest BCUT2D eigenvalue weighted by atomic mass is 9.93. The van der Waals surface area contributed by atoms with Crippen LogP contribution < -0.4 is 5.32 Å². The number of carbonyl (C=O) groups excluding carboxylic acids is 1. The first-order chi connectivity index (χ1) is 13.2. The number of hydrogen-bond donors (Lipinski definition) is 2. The van der Waals surface area contributed by atoms with E-state index in [0.29, 0.717) is 11.7 Å². The molecule has 27 heavy (non-hydrogen) atoms. The number of amides is 1. The fraction of sp³-hybridized carbons (Fsp3) is 0.368. The van der Waals surface area contributed by atoms with Gasteiger partial charge in [0.2, 0.25) is 0 Å². The smallest absolute Gasteiger partial charge is 0.287 e. The second-order valence-electron chi connectivity index (χ2n) is 7.12. The molecule has 3 atom stereocenters. The largest absolute Gasteiger partial charge is 0.459 e. The molecular formula is C19H20N6O2. The molecule has 5 rings (SSSR count). The maximum absolute atomic E-state index is 12.4. The monoisotopic (exact) mass is 364 g/mol. The lowest BCUT2D eigenvalue weighted by Crippen LogP contribution is -2.32. The van der Waals surface area contributed by atoms with E-state index in [1.807, 2.05) is 12.3 Å². The number of nitrogens with zero attached hydrogens (tertiary/aromatic N) is 4. The van der Waals surface area contributed by atoms with E-state index in [9.17, 15) is 4.79 Å². The van der Waals surface area contributed by atoms with E-state index in [-0.39, 0.29) is 17.9 Å². The Morgan fingerprint density at radius 3 is 3.11 bits per heavy atom. The van der Waals surface area contributed by atoms with Crippen molar-refractivity contribution in [3.63, 3.8) is 0 Å². The third-order valence-electron chi connectivity index (χ3n) is 5.60. The molecule has 1 aliphatic carbocycles. The fourth-order valence-electron chi connectivity index (χ4n) is 4.31. The zero-order chi connectivity index (χ0) is 18.4. The average Bonchev–Trinajstić information content (AvgIpc) is 3.45. The van der Waals surface area contributed by atoms with Gasteiger partial charge in [-0.15, -0.1) is 10.2 Å². The van der Waals surface area contributed by atoms with Gasteiger partial charge in [0, 0.05) is 18.2 Å². The second kappa shape index (κ2) is 6.22. The number of furan rings is 1. The predicted molar refractivity (Wildman–Crippen MR) is 98.4 cm³/mol. The molecule has 2 N–H and O–H groups in total. The van der Waals surface area contributed by atoms with Crippen LogP contribution in [0, 0.1) is 5.92 Å². The maximum atomic E-state index is 12.4. The van der Waals surface area contributed by atoms with Gasteiger partial charge in [-0.3, -0.25) is 9.20 Å². The van der Waals surface area contributed by atoms with Crippen molar-refractivity contribution in [3.8, 4) is 0 Å². The van der Waals surface area contributed by atoms with Gasteiger partial charge < -0.3 is 14.7 Å². The summed E-state index contributed by atoms with van der Waals surface area (Å²) in [4.78, 5) is 19.9. The Kier molecular flexibility index (Phi) is 3.70. The molecule has 0 aliphatic heterocycles. The molecule has 0 radical (unpaired) electrons. The van der Waals surface area contributed by atoms with Crippen molar-refractivity contribution in [1.82, 2.24) is 29.9 Å². The van der Waals surface area contributed by atoms with E-state index in [1.165, 1.54) is 6.26 Å². The van der Waals surface area contributed by atoms with Gasteiger partial charge in [0.1, 0.15) is 5.82 Å². The van der Waals surface area contributed by atoms with Crippen molar-refractivity contribution in [2.75, 3.05) is 0 Å². The normalized spacial score (nSPS) is 22.6. The number of carbonyl (C=O) groups is 1. The molecule has 0 saturated heterocycles. The van der Waals surface area contributed by atoms with Crippen molar-refractivity contribution < 1.29 is 9.21 Å². The van der Waals surface area contributed by atoms with Crippen LogP contribution >= 0.6 is 0 Å². The summed E-state index contributed by atoms with van der Waals surface area (Å²) in [5.74, 6) is 1.79. The molecule has 1 aliphatic rings. The molecule has 0 unspecified atom stereocenters. The van der Waals surface area contributed by atoms with Crippen LogP contribution in [0.2, 0.25) is 0 Å². The van der Waals surface area contributed by atoms with Crippen LogP contribution in [0.1, 0.15) is 48.5 Å². The van der Waals surface area contributed by atoms with E-state index in [2.05, 4.69) is 36.8 Å². The summed E-state index contributed by atoms with van der Waals surface area (Å²) < 4.78 is 7.29. The summed E-state index contributed by atoms with van der Waals surface area (Å²) >= 11 is 0. The first kappa shape index (κ1) is 16.0. The summed E-state index contributed by atoms with van der Waals surface area (Å²) in [5.41, 5.74) is 2.54. The zero-order valence-corrected chi connectivity index (χ0v) is 14.9. The molecule has 0 spiro atoms. The molecule has 4 aromatic heterocycles. The number of H-pyrrole nitrogens is 1. The summed E-state index contributed by atoms with van der Waals surface area (Å²) in [7, 11) is 0. The van der Waals surface area contributed by atoms with Crippen LogP contribution in [-0.4, -0.2) is 36.5 Å². The fourth-order valence-corrected chi connectivity index (χ4v) is 4.31. The number of rotatable bonds is 4. The maximum Gasteiger partial charge on any atom is 0.287 e. The molecule has 8 nitrogen and oxygen atoms in total. The SMILES string of the molecule is CC[C@H]1C[C@@H](NC(=O)c2ccco2)C[C@H]1c1nnc2cnc3[nH]ccc3n12. The highest BCUT2D eigenvalue weighted by molar-refractivity contribution is 5.91. The van der Waals surface area contributed by atoms with Crippen molar-refractivity contribution in [3.05, 3.63) is 48.4 Å². The lowest BCUT2D eigenvalue weighted by molar-refractivity contribution is 0.0909. The first-order valence-corrected chi connectivity index (χ1v) is 9.26. The molecule has 0 aromatic carbocycles. The number of nitrogens with one attached hydrogen (secondary N) is 2. The lowest BCUT2D eigenvalue weighted by Gasteiger charge is -2.15. The van der Waals surface area contributed by atoms with E-state index < -0.39 is 0 Å². The summed E-state index contributed by atoms with van der Waals surface area (Å²) in [5, 5.41) is 11.9. The minimum atomic E-state index is -0.163. The quantitative estimate of drug-likeness (QED) is 0.580. The van der Waals surface area contributed by atoms with Crippen molar-refractivity contribution in [2.24, 2.45) is 5.92 Å². The molecule has 8 heteroatoms. The standard InChI is InChI=1S/C19H20N6O2/c1-2-11-8-12(22-19(26)15-4-3-7-27-15)9-13(11)18-24-23-16-10-21-17-14(25(16)18)5-6-20-17/h3-7,10-13,20H,2,8-9H2,1H3,(H,22,26)/t11-,12+,13+/m0/s1. The van der Waals surface area contributed by atoms with Gasteiger partial charge in [0.25, 0.3) is 5.91 Å². The van der Waals surface area contributed by atoms with Crippen LogP contribution in [0.25, 0.3) is 16.8 Å². The van der Waals surface area contributed by atoms with Crippen LogP contribution in [0.3, 0.4) is 0 Å². The van der Waals surface area contributed by atoms with Crippen LogP contribution in [0.15, 0.2) is 41.3 Å². The Morgan fingerprint density at radius 2 is 2.30 bits per heavy atom. The molecule has 0 bridgehead atoms. The third-order valence-corrected chi connectivity index (χ3v) is 5.60. The number of aromatic nitrogens is 5. The van der Waals surface area contributed by atoms with Gasteiger partial charge in [-0.05, 0) is 37.0 Å². The minimum absolute atomic E-state index is 0.0912. The minimum Gasteiger partial charge on any atom is -0.459 e. The Hall–Kier alpha value is -3.16. The van der Waals surface area contributed by atoms with Crippen LogP contribution in [-0.2, 0) is 0 Å². The van der Waals surface area contributed by atoms with Gasteiger partial charge >= 0.3 is 0 Å². The highest BCUT2D eigenvalue weighted by Crippen LogP contribution is 2.41. The Bertz CT molecular complexity index is 1100. The number of aromatic amines is 1. The van der Waals surface area contributed by atoms with Gasteiger partial charge in [-0.1, -0.05) is 13.3 Å². The first-order valence-electron chi connectivity index (χ1n) is 9.26. The van der Waals surface area contributed by atoms with Gasteiger partial charge in [0.05, 0.1) is 18.0 Å². The molecule has 138 valence electrons. The summed E-state index contributed by atoms with van der Waals surface area (Å²) in [6.45, 7) is 2.19. The van der Waals surface area contributed by atoms with Gasteiger partial charge in [-0.2, -0.15) is 0 Å². The Morgan fingerprint density at radius 1 is 1.37 bits per heavy atom. The third kappa shape index (κ3) is 2.59. The average molecular weight is 364 g/mol. The van der Waals surface area contributed by atoms with E-state index in [0.717, 1.165) is 41.9 Å². The number of fused-ring (bicyclic) bond motifs is 3. The molecule has 1 saturated carbocycles. The zero-order valence-electron chi connectivity index (χ0n) is 14.9.